The highest BCUT2D eigenvalue weighted by molar-refractivity contribution is 6.49. The Morgan fingerprint density at radius 2 is 1.81 bits per heavy atom. The molecule has 0 aromatic heterocycles. The molecule has 0 fully saturated rings. The lowest BCUT2D eigenvalue weighted by molar-refractivity contribution is -0.144. The Hall–Kier alpha value is -2.17. The highest BCUT2D eigenvalue weighted by Gasteiger charge is 2.48. The number of allylic oxidation sites excluding steroid dienone is 2. The molecule has 0 radical (unpaired) electrons. The lowest BCUT2D eigenvalue weighted by Crippen LogP contribution is -2.48. The molecule has 21 heavy (non-hydrogen) atoms. The Labute approximate surface area is 126 Å². The first-order valence-corrected chi connectivity index (χ1v) is 6.67. The summed E-state index contributed by atoms with van der Waals surface area (Å²) in [5.41, 5.74) is -0.969. The summed E-state index contributed by atoms with van der Waals surface area (Å²) in [4.78, 5) is 24.1. The molecule has 5 heteroatoms. The number of Topliss-reactive ketones (excluding diaryl/α,β-unsaturated/α-hetero) is 2. The Bertz CT molecular complexity index is 739. The van der Waals surface area contributed by atoms with Gasteiger partial charge in [-0.2, -0.15) is 0 Å². The zero-order valence-corrected chi connectivity index (χ0v) is 11.8. The number of hydrogen-bond acceptors (Lipinski definition) is 4. The van der Waals surface area contributed by atoms with Crippen molar-refractivity contribution in [3.8, 4) is 0 Å². The smallest absolute Gasteiger partial charge is 0.214 e. The van der Waals surface area contributed by atoms with E-state index in [2.05, 4.69) is 0 Å². The normalized spacial score (nSPS) is 25.1. The number of halogens is 1. The van der Waals surface area contributed by atoms with Crippen molar-refractivity contribution in [1.82, 2.24) is 0 Å². The molecule has 1 N–H and O–H groups in total. The van der Waals surface area contributed by atoms with Crippen molar-refractivity contribution in [3.05, 3.63) is 64.4 Å². The van der Waals surface area contributed by atoms with Gasteiger partial charge in [-0.3, -0.25) is 9.59 Å². The maximum Gasteiger partial charge on any atom is 0.214 e. The first-order chi connectivity index (χ1) is 9.93. The second-order valence-electron chi connectivity index (χ2n) is 4.98. The van der Waals surface area contributed by atoms with Crippen LogP contribution >= 0.6 is 11.6 Å². The number of rotatable bonds is 1. The Kier molecular flexibility index (Phi) is 3.08. The second-order valence-corrected chi connectivity index (χ2v) is 5.36. The van der Waals surface area contributed by atoms with E-state index in [0.717, 1.165) is 12.5 Å². The van der Waals surface area contributed by atoms with Crippen molar-refractivity contribution in [3.63, 3.8) is 0 Å². The highest BCUT2D eigenvalue weighted by Crippen LogP contribution is 2.38. The zero-order valence-electron chi connectivity index (χ0n) is 11.1. The molecule has 0 saturated carbocycles. The summed E-state index contributed by atoms with van der Waals surface area (Å²) >= 11 is 6.02. The molecule has 1 atom stereocenters. The molecule has 3 rings (SSSR count). The second kappa shape index (κ2) is 4.69. The number of carbonyl (C=O) groups is 2. The highest BCUT2D eigenvalue weighted by atomic mass is 35.5. The van der Waals surface area contributed by atoms with Gasteiger partial charge >= 0.3 is 0 Å². The maximum absolute atomic E-state index is 12.1. The van der Waals surface area contributed by atoms with E-state index in [1.165, 1.54) is 12.3 Å². The van der Waals surface area contributed by atoms with Crippen molar-refractivity contribution in [1.29, 1.82) is 0 Å². The predicted molar refractivity (Wildman–Crippen MR) is 77.1 cm³/mol. The first-order valence-electron chi connectivity index (χ1n) is 6.29. The molecule has 1 aliphatic heterocycles. The van der Waals surface area contributed by atoms with Crippen molar-refractivity contribution in [2.24, 2.45) is 0 Å². The van der Waals surface area contributed by atoms with E-state index in [9.17, 15) is 14.7 Å². The van der Waals surface area contributed by atoms with Crippen LogP contribution in [0, 0.1) is 0 Å². The van der Waals surface area contributed by atoms with Crippen LogP contribution in [0.25, 0.3) is 5.76 Å². The third-order valence-corrected chi connectivity index (χ3v) is 3.87. The van der Waals surface area contributed by atoms with E-state index >= 15 is 0 Å². The molecule has 1 unspecified atom stereocenters. The van der Waals surface area contributed by atoms with E-state index < -0.39 is 17.2 Å². The van der Waals surface area contributed by atoms with Gasteiger partial charge in [0.05, 0.1) is 10.6 Å². The SMILES string of the molecule is CC1(O)C(=O)C2=COC(c3ccccc3)=CC2=C(Cl)C1=O. The molecule has 0 bridgehead atoms. The van der Waals surface area contributed by atoms with Crippen LogP contribution in [-0.4, -0.2) is 22.3 Å². The van der Waals surface area contributed by atoms with Gasteiger partial charge in [0, 0.05) is 11.1 Å². The molecule has 0 spiro atoms. The summed E-state index contributed by atoms with van der Waals surface area (Å²) in [7, 11) is 0. The molecule has 1 aliphatic carbocycles. The van der Waals surface area contributed by atoms with Gasteiger partial charge in [-0.25, -0.2) is 0 Å². The van der Waals surface area contributed by atoms with Gasteiger partial charge in [0.25, 0.3) is 0 Å². The largest absolute Gasteiger partial charge is 0.464 e. The van der Waals surface area contributed by atoms with Crippen LogP contribution < -0.4 is 0 Å². The van der Waals surface area contributed by atoms with Crippen LogP contribution in [0.2, 0.25) is 0 Å². The van der Waals surface area contributed by atoms with E-state index in [4.69, 9.17) is 16.3 Å². The topological polar surface area (TPSA) is 63.6 Å². The predicted octanol–water partition coefficient (Wildman–Crippen LogP) is 2.34. The average molecular weight is 303 g/mol. The standard InChI is InChI=1S/C16H11ClO4/c1-16(20)14(18)11-8-21-12(9-5-3-2-4-6-9)7-10(11)13(17)15(16)19/h2-8,20H,1H3. The fraction of sp³-hybridized carbons (Fsp3) is 0.125. The number of ketones is 2. The fourth-order valence-electron chi connectivity index (χ4n) is 2.24. The molecule has 0 amide bonds. The van der Waals surface area contributed by atoms with Crippen LogP contribution in [0.5, 0.6) is 0 Å². The Balaban J connectivity index is 2.13. The summed E-state index contributed by atoms with van der Waals surface area (Å²) in [6.07, 6.45) is 2.77. The van der Waals surface area contributed by atoms with Crippen LogP contribution in [0.1, 0.15) is 12.5 Å². The summed E-state index contributed by atoms with van der Waals surface area (Å²) < 4.78 is 5.44. The summed E-state index contributed by atoms with van der Waals surface area (Å²) in [6, 6.07) is 9.22. The minimum absolute atomic E-state index is 0.101. The van der Waals surface area contributed by atoms with Crippen molar-refractivity contribution in [2.45, 2.75) is 12.5 Å². The van der Waals surface area contributed by atoms with Crippen LogP contribution in [0.4, 0.5) is 0 Å². The summed E-state index contributed by atoms with van der Waals surface area (Å²) in [5, 5.41) is 9.80. The number of ether oxygens (including phenoxy) is 1. The van der Waals surface area contributed by atoms with Crippen LogP contribution in [0.3, 0.4) is 0 Å². The molecule has 4 nitrogen and oxygen atoms in total. The van der Waals surface area contributed by atoms with E-state index in [-0.39, 0.29) is 16.2 Å². The summed E-state index contributed by atoms with van der Waals surface area (Å²) in [6.45, 7) is 1.13. The molecule has 1 aromatic carbocycles. The van der Waals surface area contributed by atoms with Crippen molar-refractivity contribution >= 4 is 28.9 Å². The Morgan fingerprint density at radius 3 is 2.48 bits per heavy atom. The third kappa shape index (κ3) is 2.04. The number of aliphatic hydroxyl groups is 1. The van der Waals surface area contributed by atoms with Gasteiger partial charge in [-0.05, 0) is 13.0 Å². The van der Waals surface area contributed by atoms with E-state index in [1.807, 2.05) is 30.3 Å². The fourth-order valence-corrected chi connectivity index (χ4v) is 2.58. The zero-order chi connectivity index (χ0) is 15.2. The molecular weight excluding hydrogens is 292 g/mol. The molecule has 2 aliphatic rings. The lowest BCUT2D eigenvalue weighted by Gasteiger charge is -2.29. The maximum atomic E-state index is 12.1. The minimum atomic E-state index is -2.14. The molecule has 0 saturated heterocycles. The third-order valence-electron chi connectivity index (χ3n) is 3.49. The number of hydrogen-bond donors (Lipinski definition) is 1. The van der Waals surface area contributed by atoms with Crippen LogP contribution in [0.15, 0.2) is 58.8 Å². The van der Waals surface area contributed by atoms with Crippen LogP contribution in [-0.2, 0) is 14.3 Å². The Morgan fingerprint density at radius 1 is 1.14 bits per heavy atom. The summed E-state index contributed by atoms with van der Waals surface area (Å²) in [5.74, 6) is -1.03. The van der Waals surface area contributed by atoms with E-state index in [1.54, 1.807) is 0 Å². The van der Waals surface area contributed by atoms with Gasteiger partial charge in [0.1, 0.15) is 12.0 Å². The van der Waals surface area contributed by atoms with Crippen molar-refractivity contribution < 1.29 is 19.4 Å². The van der Waals surface area contributed by atoms with Gasteiger partial charge in [0.2, 0.25) is 11.6 Å². The molecule has 106 valence electrons. The first kappa shape index (κ1) is 13.8. The van der Waals surface area contributed by atoms with E-state index in [0.29, 0.717) is 5.76 Å². The number of fused-ring (bicyclic) bond motifs is 1. The molecule has 1 aromatic rings. The van der Waals surface area contributed by atoms with Gasteiger partial charge in [-0.15, -0.1) is 0 Å². The number of carbonyl (C=O) groups excluding carboxylic acids is 2. The van der Waals surface area contributed by atoms with Gasteiger partial charge < -0.3 is 9.84 Å². The van der Waals surface area contributed by atoms with Gasteiger partial charge in [-0.1, -0.05) is 41.9 Å². The average Bonchev–Trinajstić information content (AvgIpc) is 2.52. The van der Waals surface area contributed by atoms with Gasteiger partial charge in [0.15, 0.2) is 5.60 Å². The minimum Gasteiger partial charge on any atom is -0.464 e. The molecule has 1 heterocycles. The van der Waals surface area contributed by atoms with Crippen molar-refractivity contribution in [2.75, 3.05) is 0 Å². The molecular formula is C16H11ClO4. The quantitative estimate of drug-likeness (QED) is 0.809. The monoisotopic (exact) mass is 302 g/mol. The lowest BCUT2D eigenvalue weighted by atomic mass is 9.80. The number of benzene rings is 1.